The molecule has 1 atom stereocenters. The van der Waals surface area contributed by atoms with Crippen LogP contribution in [0.5, 0.6) is 0 Å². The number of carboxylic acid groups (broad SMARTS) is 1. The van der Waals surface area contributed by atoms with Gasteiger partial charge in [-0.2, -0.15) is 15.0 Å². The van der Waals surface area contributed by atoms with Gasteiger partial charge in [0, 0.05) is 39.3 Å². The summed E-state index contributed by atoms with van der Waals surface area (Å²) in [5.74, 6) is -0.849. The molecule has 4 N–H and O–H groups in total. The number of hydrazine groups is 1. The van der Waals surface area contributed by atoms with Crippen LogP contribution < -0.4 is 21.1 Å². The van der Waals surface area contributed by atoms with Crippen LogP contribution in [0.1, 0.15) is 28.9 Å². The molecule has 0 aliphatic carbocycles. The van der Waals surface area contributed by atoms with Gasteiger partial charge in [0.2, 0.25) is 17.8 Å². The summed E-state index contributed by atoms with van der Waals surface area (Å²) in [6.07, 6.45) is 5.47. The molecule has 0 aromatic carbocycles. The van der Waals surface area contributed by atoms with Gasteiger partial charge in [-0.3, -0.25) is 25.9 Å². The van der Waals surface area contributed by atoms with Crippen molar-refractivity contribution in [2.24, 2.45) is 0 Å². The molecular formula is C21H29N9O5S. The van der Waals surface area contributed by atoms with Gasteiger partial charge in [-0.1, -0.05) is 17.9 Å². The van der Waals surface area contributed by atoms with Crippen molar-refractivity contribution in [3.05, 3.63) is 23.7 Å². The zero-order valence-corrected chi connectivity index (χ0v) is 20.5. The van der Waals surface area contributed by atoms with Crippen LogP contribution in [-0.4, -0.2) is 94.0 Å². The maximum Gasteiger partial charge on any atom is 0.347 e. The van der Waals surface area contributed by atoms with Crippen LogP contribution in [0, 0.1) is 0 Å². The molecule has 2 aromatic rings. The van der Waals surface area contributed by atoms with Gasteiger partial charge in [0.15, 0.2) is 11.4 Å². The first-order valence-electron chi connectivity index (χ1n) is 11.6. The van der Waals surface area contributed by atoms with Crippen LogP contribution in [0.15, 0.2) is 18.9 Å². The van der Waals surface area contributed by atoms with E-state index in [0.717, 1.165) is 62.9 Å². The SMILES string of the molecule is C=CC(=O)NNc1nc(Nc2ncc(C(=O)O)s2)nc(N2CCN(CCOC3CCCCO3)CC2)n1. The summed E-state index contributed by atoms with van der Waals surface area (Å²) >= 11 is 0.956. The highest BCUT2D eigenvalue weighted by molar-refractivity contribution is 7.17. The summed E-state index contributed by atoms with van der Waals surface area (Å²) in [5.41, 5.74) is 5.06. The Labute approximate surface area is 211 Å². The third kappa shape index (κ3) is 7.30. The summed E-state index contributed by atoms with van der Waals surface area (Å²) < 4.78 is 11.5. The maximum atomic E-state index is 11.6. The number of thiazole rings is 1. The molecule has 0 spiro atoms. The van der Waals surface area contributed by atoms with E-state index in [1.807, 2.05) is 4.90 Å². The number of nitrogens with one attached hydrogen (secondary N) is 3. The van der Waals surface area contributed by atoms with Crippen LogP contribution in [-0.2, 0) is 14.3 Å². The summed E-state index contributed by atoms with van der Waals surface area (Å²) in [7, 11) is 0. The number of anilines is 4. The highest BCUT2D eigenvalue weighted by atomic mass is 32.1. The van der Waals surface area contributed by atoms with Gasteiger partial charge in [-0.15, -0.1) is 0 Å². The lowest BCUT2D eigenvalue weighted by atomic mass is 10.2. The number of ether oxygens (including phenoxy) is 2. The molecule has 0 saturated carbocycles. The summed E-state index contributed by atoms with van der Waals surface area (Å²) in [4.78, 5) is 44.3. The van der Waals surface area contributed by atoms with Gasteiger partial charge in [0.05, 0.1) is 12.8 Å². The summed E-state index contributed by atoms with van der Waals surface area (Å²) in [5, 5.41) is 12.4. The quantitative estimate of drug-likeness (QED) is 0.246. The fraction of sp³-hybridized carbons (Fsp3) is 0.524. The van der Waals surface area contributed by atoms with Gasteiger partial charge >= 0.3 is 5.97 Å². The first-order chi connectivity index (χ1) is 17.5. The molecule has 36 heavy (non-hydrogen) atoms. The van der Waals surface area contributed by atoms with Gasteiger partial charge in [0.1, 0.15) is 4.88 Å². The van der Waals surface area contributed by atoms with Gasteiger partial charge < -0.3 is 19.5 Å². The lowest BCUT2D eigenvalue weighted by molar-refractivity contribution is -0.164. The lowest BCUT2D eigenvalue weighted by Gasteiger charge is -2.35. The molecule has 2 saturated heterocycles. The van der Waals surface area contributed by atoms with Crippen LogP contribution >= 0.6 is 11.3 Å². The zero-order chi connectivity index (χ0) is 25.3. The largest absolute Gasteiger partial charge is 0.477 e. The molecule has 194 valence electrons. The molecule has 1 amide bonds. The average Bonchev–Trinajstić information content (AvgIpc) is 3.37. The Morgan fingerprint density at radius 2 is 2.03 bits per heavy atom. The van der Waals surface area contributed by atoms with Crippen molar-refractivity contribution in [1.82, 2.24) is 30.3 Å². The number of aromatic nitrogens is 4. The Balaban J connectivity index is 1.37. The normalized spacial score (nSPS) is 18.4. The molecule has 4 heterocycles. The molecular weight excluding hydrogens is 490 g/mol. The maximum absolute atomic E-state index is 11.6. The van der Waals surface area contributed by atoms with Crippen molar-refractivity contribution in [1.29, 1.82) is 0 Å². The zero-order valence-electron chi connectivity index (χ0n) is 19.7. The number of rotatable bonds is 11. The van der Waals surface area contributed by atoms with E-state index in [1.54, 1.807) is 0 Å². The molecule has 1 unspecified atom stereocenters. The van der Waals surface area contributed by atoms with Crippen LogP contribution in [0.25, 0.3) is 0 Å². The van der Waals surface area contributed by atoms with Crippen molar-refractivity contribution >= 4 is 46.2 Å². The first kappa shape index (κ1) is 25.7. The molecule has 14 nitrogen and oxygen atoms in total. The van der Waals surface area contributed by atoms with Crippen molar-refractivity contribution < 1.29 is 24.2 Å². The average molecular weight is 520 g/mol. The molecule has 2 fully saturated rings. The Kier molecular flexibility index (Phi) is 8.94. The van der Waals surface area contributed by atoms with Gasteiger partial charge in [0.25, 0.3) is 5.91 Å². The third-order valence-corrected chi connectivity index (χ3v) is 6.45. The van der Waals surface area contributed by atoms with Crippen molar-refractivity contribution in [2.75, 3.05) is 61.6 Å². The number of carboxylic acids is 1. The standard InChI is InChI=1S/C21H29N9O5S/c1-2-15(31)27-28-19-23-18(26-21-22-13-14(36-21)17(32)33)24-20(25-19)30-8-6-29(7-9-30)10-12-35-16-5-3-4-11-34-16/h2,13,16H,1,3-12H2,(H,27,31)(H,32,33)(H2,22,23,24,25,26,28). The highest BCUT2D eigenvalue weighted by Crippen LogP contribution is 2.23. The number of amides is 1. The number of hydrogen-bond donors (Lipinski definition) is 4. The Hall–Kier alpha value is -3.40. The topological polar surface area (TPSA) is 167 Å². The number of aromatic carboxylic acids is 1. The summed E-state index contributed by atoms with van der Waals surface area (Å²) in [6, 6.07) is 0. The number of nitrogens with zero attached hydrogens (tertiary/aromatic N) is 6. The van der Waals surface area contributed by atoms with Crippen molar-refractivity contribution in [3.8, 4) is 0 Å². The predicted octanol–water partition coefficient (Wildman–Crippen LogP) is 1.06. The van der Waals surface area contributed by atoms with E-state index in [1.165, 1.54) is 6.20 Å². The van der Waals surface area contributed by atoms with Gasteiger partial charge in [-0.25, -0.2) is 9.78 Å². The van der Waals surface area contributed by atoms with E-state index < -0.39 is 11.9 Å². The minimum atomic E-state index is -1.07. The van der Waals surface area contributed by atoms with Gasteiger partial charge in [-0.05, 0) is 25.3 Å². The van der Waals surface area contributed by atoms with E-state index in [9.17, 15) is 9.59 Å². The Morgan fingerprint density at radius 3 is 2.72 bits per heavy atom. The Bertz CT molecular complexity index is 1050. The molecule has 4 rings (SSSR count). The van der Waals surface area contributed by atoms with E-state index in [-0.39, 0.29) is 23.1 Å². The summed E-state index contributed by atoms with van der Waals surface area (Å²) in [6.45, 7) is 8.57. The van der Waals surface area contributed by atoms with E-state index in [0.29, 0.717) is 30.8 Å². The van der Waals surface area contributed by atoms with Crippen molar-refractivity contribution in [3.63, 3.8) is 0 Å². The second kappa shape index (κ2) is 12.5. The molecule has 0 bridgehead atoms. The molecule has 2 aliphatic rings. The minimum Gasteiger partial charge on any atom is -0.477 e. The second-order valence-electron chi connectivity index (χ2n) is 8.06. The fourth-order valence-electron chi connectivity index (χ4n) is 3.64. The number of carbonyl (C=O) groups is 2. The number of hydrogen-bond acceptors (Lipinski definition) is 13. The molecule has 2 aliphatic heterocycles. The smallest absolute Gasteiger partial charge is 0.347 e. The second-order valence-corrected chi connectivity index (χ2v) is 9.09. The highest BCUT2D eigenvalue weighted by Gasteiger charge is 2.22. The number of piperazine rings is 1. The van der Waals surface area contributed by atoms with Crippen LogP contribution in [0.3, 0.4) is 0 Å². The first-order valence-corrected chi connectivity index (χ1v) is 12.4. The third-order valence-electron chi connectivity index (χ3n) is 5.55. The van der Waals surface area contributed by atoms with E-state index in [2.05, 4.69) is 47.6 Å². The monoisotopic (exact) mass is 519 g/mol. The predicted molar refractivity (Wildman–Crippen MR) is 132 cm³/mol. The molecule has 0 radical (unpaired) electrons. The minimum absolute atomic E-state index is 0.0820. The van der Waals surface area contributed by atoms with Crippen LogP contribution in [0.2, 0.25) is 0 Å². The molecule has 15 heteroatoms. The van der Waals surface area contributed by atoms with Crippen LogP contribution in [0.4, 0.5) is 23.0 Å². The lowest BCUT2D eigenvalue weighted by Crippen LogP contribution is -2.48. The van der Waals surface area contributed by atoms with E-state index >= 15 is 0 Å². The fourth-order valence-corrected chi connectivity index (χ4v) is 4.29. The number of carbonyl (C=O) groups excluding carboxylic acids is 1. The van der Waals surface area contributed by atoms with E-state index in [4.69, 9.17) is 14.6 Å². The van der Waals surface area contributed by atoms with Crippen molar-refractivity contribution in [2.45, 2.75) is 25.6 Å². The Morgan fingerprint density at radius 1 is 1.22 bits per heavy atom. The molecule has 2 aromatic heterocycles.